The maximum absolute atomic E-state index is 13.4. The van der Waals surface area contributed by atoms with E-state index in [-0.39, 0.29) is 6.42 Å². The first kappa shape index (κ1) is 15.6. The van der Waals surface area contributed by atoms with Gasteiger partial charge in [-0.2, -0.15) is 0 Å². The van der Waals surface area contributed by atoms with Crippen LogP contribution in [0.4, 0.5) is 13.2 Å². The van der Waals surface area contributed by atoms with E-state index >= 15 is 0 Å². The summed E-state index contributed by atoms with van der Waals surface area (Å²) in [5.41, 5.74) is 4.25. The number of hydrogen-bond acceptors (Lipinski definition) is 2. The van der Waals surface area contributed by atoms with Crippen molar-refractivity contribution in [3.63, 3.8) is 0 Å². The third-order valence-corrected chi connectivity index (χ3v) is 2.77. The van der Waals surface area contributed by atoms with Crippen molar-refractivity contribution in [2.24, 2.45) is 0 Å². The molecule has 2 aromatic carbocycles. The van der Waals surface area contributed by atoms with Gasteiger partial charge in [0.1, 0.15) is 17.5 Å². The molecule has 0 aliphatic rings. The quantitative estimate of drug-likeness (QED) is 0.853. The van der Waals surface area contributed by atoms with Gasteiger partial charge < -0.3 is 0 Å². The maximum Gasteiger partial charge on any atom is 0.272 e. The third kappa shape index (κ3) is 4.08. The molecule has 2 amide bonds. The minimum Gasteiger partial charge on any atom is -0.273 e. The van der Waals surface area contributed by atoms with Crippen LogP contribution in [0.3, 0.4) is 0 Å². The lowest BCUT2D eigenvalue weighted by molar-refractivity contribution is -0.121. The summed E-state index contributed by atoms with van der Waals surface area (Å²) in [6, 6.07) is 7.72. The fourth-order valence-corrected chi connectivity index (χ4v) is 1.70. The molecule has 0 unspecified atom stereocenters. The monoisotopic (exact) mass is 308 g/mol. The normalized spacial score (nSPS) is 10.1. The molecule has 0 atom stereocenters. The van der Waals surface area contributed by atoms with Gasteiger partial charge in [0.2, 0.25) is 5.91 Å². The molecule has 114 valence electrons. The first-order valence-electron chi connectivity index (χ1n) is 6.24. The Hall–Kier alpha value is -2.83. The van der Waals surface area contributed by atoms with E-state index in [1.54, 1.807) is 0 Å². The van der Waals surface area contributed by atoms with Crippen molar-refractivity contribution >= 4 is 11.8 Å². The maximum atomic E-state index is 13.4. The van der Waals surface area contributed by atoms with Gasteiger partial charge in [0.05, 0.1) is 12.0 Å². The van der Waals surface area contributed by atoms with Gasteiger partial charge in [-0.25, -0.2) is 13.2 Å². The van der Waals surface area contributed by atoms with Crippen LogP contribution < -0.4 is 10.9 Å². The molecule has 0 aromatic heterocycles. The van der Waals surface area contributed by atoms with E-state index in [1.165, 1.54) is 24.3 Å². The summed E-state index contributed by atoms with van der Waals surface area (Å²) in [5.74, 6) is -3.75. The fourth-order valence-electron chi connectivity index (χ4n) is 1.70. The van der Waals surface area contributed by atoms with Gasteiger partial charge in [0.15, 0.2) is 0 Å². The molecule has 0 heterocycles. The number of carbonyl (C=O) groups is 2. The number of nitrogens with one attached hydrogen (secondary N) is 2. The average Bonchev–Trinajstić information content (AvgIpc) is 2.47. The van der Waals surface area contributed by atoms with Crippen molar-refractivity contribution in [3.05, 3.63) is 71.0 Å². The van der Waals surface area contributed by atoms with Crippen LogP contribution in [0.1, 0.15) is 15.9 Å². The number of rotatable bonds is 3. The van der Waals surface area contributed by atoms with Crippen LogP contribution >= 0.6 is 0 Å². The van der Waals surface area contributed by atoms with Crippen molar-refractivity contribution in [2.75, 3.05) is 0 Å². The summed E-state index contributed by atoms with van der Waals surface area (Å²) in [6.07, 6.45) is -0.0908. The highest BCUT2D eigenvalue weighted by Crippen LogP contribution is 2.09. The van der Waals surface area contributed by atoms with Crippen molar-refractivity contribution in [3.8, 4) is 0 Å². The van der Waals surface area contributed by atoms with Gasteiger partial charge in [0, 0.05) is 6.07 Å². The minimum absolute atomic E-state index is 0.0908. The smallest absolute Gasteiger partial charge is 0.272 e. The van der Waals surface area contributed by atoms with Gasteiger partial charge in [0.25, 0.3) is 5.91 Å². The molecular formula is C15H11F3N2O2. The molecule has 4 nitrogen and oxygen atoms in total. The Morgan fingerprint density at radius 1 is 0.864 bits per heavy atom. The topological polar surface area (TPSA) is 58.2 Å². The average molecular weight is 308 g/mol. The van der Waals surface area contributed by atoms with E-state index < -0.39 is 34.8 Å². The second-order valence-corrected chi connectivity index (χ2v) is 4.43. The Labute approximate surface area is 123 Å². The number of amides is 2. The first-order valence-corrected chi connectivity index (χ1v) is 6.24. The van der Waals surface area contributed by atoms with Crippen LogP contribution in [-0.4, -0.2) is 11.8 Å². The van der Waals surface area contributed by atoms with Crippen molar-refractivity contribution in [2.45, 2.75) is 6.42 Å². The largest absolute Gasteiger partial charge is 0.273 e. The SMILES string of the molecule is O=C(Cc1ccc(F)cc1)NNC(=O)c1ccc(F)cc1F. The molecule has 0 fully saturated rings. The predicted octanol–water partition coefficient (Wildman–Crippen LogP) is 2.11. The van der Waals surface area contributed by atoms with E-state index in [4.69, 9.17) is 0 Å². The summed E-state index contributed by atoms with van der Waals surface area (Å²) in [4.78, 5) is 23.2. The first-order chi connectivity index (χ1) is 10.5. The number of benzene rings is 2. The second kappa shape index (κ2) is 6.75. The van der Waals surface area contributed by atoms with Crippen LogP contribution in [-0.2, 0) is 11.2 Å². The van der Waals surface area contributed by atoms with E-state index in [0.29, 0.717) is 11.6 Å². The van der Waals surface area contributed by atoms with Crippen molar-refractivity contribution < 1.29 is 22.8 Å². The zero-order valence-corrected chi connectivity index (χ0v) is 11.2. The highest BCUT2D eigenvalue weighted by atomic mass is 19.1. The lowest BCUT2D eigenvalue weighted by atomic mass is 10.1. The van der Waals surface area contributed by atoms with E-state index in [0.717, 1.165) is 12.1 Å². The molecular weight excluding hydrogens is 297 g/mol. The van der Waals surface area contributed by atoms with Crippen LogP contribution in [0.5, 0.6) is 0 Å². The molecule has 0 aliphatic carbocycles. The van der Waals surface area contributed by atoms with Crippen LogP contribution in [0, 0.1) is 17.5 Å². The molecule has 2 N–H and O–H groups in total. The zero-order valence-electron chi connectivity index (χ0n) is 11.2. The summed E-state index contributed by atoms with van der Waals surface area (Å²) in [7, 11) is 0. The number of carbonyl (C=O) groups excluding carboxylic acids is 2. The Kier molecular flexibility index (Phi) is 4.77. The molecule has 0 saturated carbocycles. The van der Waals surface area contributed by atoms with E-state index in [1.807, 2.05) is 5.43 Å². The molecule has 2 aromatic rings. The molecule has 2 rings (SSSR count). The van der Waals surface area contributed by atoms with Gasteiger partial charge in [-0.15, -0.1) is 0 Å². The molecule has 7 heteroatoms. The van der Waals surface area contributed by atoms with Gasteiger partial charge in [-0.1, -0.05) is 12.1 Å². The Balaban J connectivity index is 1.90. The van der Waals surface area contributed by atoms with Crippen LogP contribution in [0.25, 0.3) is 0 Å². The molecule has 0 spiro atoms. The van der Waals surface area contributed by atoms with Crippen LogP contribution in [0.2, 0.25) is 0 Å². The highest BCUT2D eigenvalue weighted by molar-refractivity contribution is 5.95. The lowest BCUT2D eigenvalue weighted by Crippen LogP contribution is -2.42. The highest BCUT2D eigenvalue weighted by Gasteiger charge is 2.13. The van der Waals surface area contributed by atoms with E-state index in [9.17, 15) is 22.8 Å². The Morgan fingerprint density at radius 2 is 1.50 bits per heavy atom. The predicted molar refractivity (Wildman–Crippen MR) is 72.1 cm³/mol. The Morgan fingerprint density at radius 3 is 2.14 bits per heavy atom. The third-order valence-electron chi connectivity index (χ3n) is 2.77. The lowest BCUT2D eigenvalue weighted by Gasteiger charge is -2.08. The Bertz CT molecular complexity index is 702. The standard InChI is InChI=1S/C15H11F3N2O2/c16-10-3-1-9(2-4-10)7-14(21)19-20-15(22)12-6-5-11(17)8-13(12)18/h1-6,8H,7H2,(H,19,21)(H,20,22). The summed E-state index contributed by atoms with van der Waals surface area (Å²) >= 11 is 0. The summed E-state index contributed by atoms with van der Waals surface area (Å²) < 4.78 is 38.8. The molecule has 22 heavy (non-hydrogen) atoms. The minimum atomic E-state index is -1.04. The van der Waals surface area contributed by atoms with Gasteiger partial charge in [-0.05, 0) is 29.8 Å². The van der Waals surface area contributed by atoms with Crippen molar-refractivity contribution in [1.29, 1.82) is 0 Å². The summed E-state index contributed by atoms with van der Waals surface area (Å²) in [5, 5.41) is 0. The number of hydrogen-bond donors (Lipinski definition) is 2. The molecule has 0 saturated heterocycles. The zero-order chi connectivity index (χ0) is 16.1. The second-order valence-electron chi connectivity index (χ2n) is 4.43. The number of halogens is 3. The van der Waals surface area contributed by atoms with E-state index in [2.05, 4.69) is 5.43 Å². The molecule has 0 radical (unpaired) electrons. The molecule has 0 bridgehead atoms. The summed E-state index contributed by atoms with van der Waals surface area (Å²) in [6.45, 7) is 0. The van der Waals surface area contributed by atoms with Gasteiger partial charge >= 0.3 is 0 Å². The number of hydrazine groups is 1. The fraction of sp³-hybridized carbons (Fsp3) is 0.0667. The van der Waals surface area contributed by atoms with Gasteiger partial charge in [-0.3, -0.25) is 20.4 Å². The van der Waals surface area contributed by atoms with Crippen LogP contribution in [0.15, 0.2) is 42.5 Å². The molecule has 0 aliphatic heterocycles. The van der Waals surface area contributed by atoms with Crippen molar-refractivity contribution in [1.82, 2.24) is 10.9 Å².